The van der Waals surface area contributed by atoms with E-state index in [2.05, 4.69) is 21.4 Å². The fourth-order valence-electron chi connectivity index (χ4n) is 4.94. The number of benzene rings is 1. The number of anilines is 2. The van der Waals surface area contributed by atoms with Crippen molar-refractivity contribution in [2.45, 2.75) is 44.7 Å². The highest BCUT2D eigenvalue weighted by Crippen LogP contribution is 2.31. The lowest BCUT2D eigenvalue weighted by Gasteiger charge is -2.28. The fourth-order valence-corrected chi connectivity index (χ4v) is 4.94. The first-order chi connectivity index (χ1) is 16.0. The zero-order valence-electron chi connectivity index (χ0n) is 18.3. The van der Waals surface area contributed by atoms with Gasteiger partial charge in [0, 0.05) is 36.4 Å². The van der Waals surface area contributed by atoms with Gasteiger partial charge in [-0.3, -0.25) is 19.1 Å². The number of pyridine rings is 1. The molecule has 2 aromatic heterocycles. The summed E-state index contributed by atoms with van der Waals surface area (Å²) in [7, 11) is 0. The number of nitrogens with one attached hydrogen (secondary N) is 1. The topological polar surface area (TPSA) is 130 Å². The van der Waals surface area contributed by atoms with Crippen molar-refractivity contribution in [2.75, 3.05) is 18.4 Å². The molecule has 9 nitrogen and oxygen atoms in total. The highest BCUT2D eigenvalue weighted by molar-refractivity contribution is 5.77. The Morgan fingerprint density at radius 2 is 2.06 bits per heavy atom. The van der Waals surface area contributed by atoms with Crippen LogP contribution in [0.25, 0.3) is 11.0 Å². The maximum absolute atomic E-state index is 13.0. The summed E-state index contributed by atoms with van der Waals surface area (Å²) in [6.07, 6.45) is 6.45. The summed E-state index contributed by atoms with van der Waals surface area (Å²) < 4.78 is 1.69. The van der Waals surface area contributed by atoms with Crippen LogP contribution in [0.3, 0.4) is 0 Å². The SMILES string of the molecule is N#Cc1cc2cnc(Nc3ccc4c(c3)CCN(CC(N)=O)C4)nc2n(C2CCCC2)c1=O. The van der Waals surface area contributed by atoms with Gasteiger partial charge in [0.2, 0.25) is 11.9 Å². The second-order valence-corrected chi connectivity index (χ2v) is 8.79. The lowest BCUT2D eigenvalue weighted by Crippen LogP contribution is -2.37. The quantitative estimate of drug-likeness (QED) is 0.619. The molecule has 5 rings (SSSR count). The number of nitriles is 1. The summed E-state index contributed by atoms with van der Waals surface area (Å²) in [6, 6.07) is 9.73. The van der Waals surface area contributed by atoms with Crippen LogP contribution in [-0.2, 0) is 17.8 Å². The number of rotatable bonds is 5. The van der Waals surface area contributed by atoms with Crippen molar-refractivity contribution in [3.8, 4) is 6.07 Å². The summed E-state index contributed by atoms with van der Waals surface area (Å²) in [5.74, 6) is 0.0904. The Bertz CT molecular complexity index is 1340. The van der Waals surface area contributed by atoms with Crippen molar-refractivity contribution in [2.24, 2.45) is 5.73 Å². The molecule has 0 spiro atoms. The molecular formula is C24H25N7O2. The van der Waals surface area contributed by atoms with Gasteiger partial charge < -0.3 is 11.1 Å². The van der Waals surface area contributed by atoms with Gasteiger partial charge in [-0.05, 0) is 48.6 Å². The molecule has 1 saturated carbocycles. The van der Waals surface area contributed by atoms with E-state index in [1.54, 1.807) is 16.8 Å². The zero-order valence-corrected chi connectivity index (χ0v) is 18.3. The van der Waals surface area contributed by atoms with Crippen LogP contribution in [0.4, 0.5) is 11.6 Å². The smallest absolute Gasteiger partial charge is 0.270 e. The van der Waals surface area contributed by atoms with E-state index in [1.807, 2.05) is 23.1 Å². The summed E-state index contributed by atoms with van der Waals surface area (Å²) in [6.45, 7) is 1.74. The largest absolute Gasteiger partial charge is 0.369 e. The maximum atomic E-state index is 13.0. The van der Waals surface area contributed by atoms with Gasteiger partial charge in [0.25, 0.3) is 5.56 Å². The van der Waals surface area contributed by atoms with E-state index in [0.717, 1.165) is 44.3 Å². The molecular weight excluding hydrogens is 418 g/mol. The van der Waals surface area contributed by atoms with Crippen LogP contribution in [-0.4, -0.2) is 38.4 Å². The van der Waals surface area contributed by atoms with Gasteiger partial charge in [-0.1, -0.05) is 18.9 Å². The number of nitrogens with zero attached hydrogens (tertiary/aromatic N) is 5. The minimum atomic E-state index is -0.317. The summed E-state index contributed by atoms with van der Waals surface area (Å²) in [5.41, 5.74) is 8.97. The van der Waals surface area contributed by atoms with E-state index in [1.165, 1.54) is 11.1 Å². The number of fused-ring (bicyclic) bond motifs is 2. The van der Waals surface area contributed by atoms with Gasteiger partial charge in [-0.2, -0.15) is 10.2 Å². The molecule has 0 unspecified atom stereocenters. The van der Waals surface area contributed by atoms with Gasteiger partial charge in [0.05, 0.1) is 6.54 Å². The number of carbonyl (C=O) groups is 1. The highest BCUT2D eigenvalue weighted by atomic mass is 16.1. The maximum Gasteiger partial charge on any atom is 0.270 e. The van der Waals surface area contributed by atoms with E-state index in [9.17, 15) is 14.9 Å². The average Bonchev–Trinajstić information content (AvgIpc) is 3.33. The second kappa shape index (κ2) is 8.64. The normalized spacial score (nSPS) is 16.5. The number of hydrogen-bond donors (Lipinski definition) is 2. The highest BCUT2D eigenvalue weighted by Gasteiger charge is 2.23. The van der Waals surface area contributed by atoms with Crippen molar-refractivity contribution < 1.29 is 4.79 Å². The monoisotopic (exact) mass is 443 g/mol. The van der Waals surface area contributed by atoms with E-state index in [-0.39, 0.29) is 29.6 Å². The number of primary amides is 1. The van der Waals surface area contributed by atoms with Gasteiger partial charge in [0.1, 0.15) is 17.3 Å². The number of amides is 1. The molecule has 3 aromatic rings. The number of nitrogens with two attached hydrogens (primary N) is 1. The van der Waals surface area contributed by atoms with Crippen LogP contribution in [0.1, 0.15) is 48.4 Å². The van der Waals surface area contributed by atoms with Crippen LogP contribution in [0.15, 0.2) is 35.3 Å². The van der Waals surface area contributed by atoms with Crippen LogP contribution in [0.2, 0.25) is 0 Å². The molecule has 3 heterocycles. The third-order valence-corrected chi connectivity index (χ3v) is 6.52. The Kier molecular flexibility index (Phi) is 5.52. The fraction of sp³-hybridized carbons (Fsp3) is 0.375. The molecule has 0 saturated heterocycles. The molecule has 1 amide bonds. The molecule has 2 aliphatic rings. The molecule has 168 valence electrons. The third-order valence-electron chi connectivity index (χ3n) is 6.52. The average molecular weight is 444 g/mol. The van der Waals surface area contributed by atoms with Crippen molar-refractivity contribution >= 4 is 28.6 Å². The minimum Gasteiger partial charge on any atom is -0.369 e. The van der Waals surface area contributed by atoms with Gasteiger partial charge in [0.15, 0.2) is 0 Å². The predicted octanol–water partition coefficient (Wildman–Crippen LogP) is 2.37. The molecule has 1 fully saturated rings. The first-order valence-corrected chi connectivity index (χ1v) is 11.2. The summed E-state index contributed by atoms with van der Waals surface area (Å²) in [5, 5.41) is 13.4. The first kappa shape index (κ1) is 21.1. The number of hydrogen-bond acceptors (Lipinski definition) is 7. The molecule has 0 atom stereocenters. The van der Waals surface area contributed by atoms with E-state index >= 15 is 0 Å². The van der Waals surface area contributed by atoms with Crippen LogP contribution >= 0.6 is 0 Å². The van der Waals surface area contributed by atoms with E-state index in [4.69, 9.17) is 5.73 Å². The first-order valence-electron chi connectivity index (χ1n) is 11.2. The van der Waals surface area contributed by atoms with Gasteiger partial charge in [-0.15, -0.1) is 0 Å². The van der Waals surface area contributed by atoms with Crippen molar-refractivity contribution in [3.63, 3.8) is 0 Å². The van der Waals surface area contributed by atoms with Crippen LogP contribution in [0.5, 0.6) is 0 Å². The van der Waals surface area contributed by atoms with Crippen LogP contribution in [0, 0.1) is 11.3 Å². The molecule has 3 N–H and O–H groups in total. The summed E-state index contributed by atoms with van der Waals surface area (Å²) in [4.78, 5) is 35.3. The third kappa shape index (κ3) is 4.17. The van der Waals surface area contributed by atoms with E-state index < -0.39 is 0 Å². The number of aromatic nitrogens is 3. The Labute approximate surface area is 190 Å². The molecule has 0 bridgehead atoms. The molecule has 1 aliphatic heterocycles. The van der Waals surface area contributed by atoms with Gasteiger partial charge in [-0.25, -0.2) is 4.98 Å². The lowest BCUT2D eigenvalue weighted by atomic mass is 9.99. The van der Waals surface area contributed by atoms with E-state index in [0.29, 0.717) is 23.5 Å². The Morgan fingerprint density at radius 3 is 2.82 bits per heavy atom. The Morgan fingerprint density at radius 1 is 1.24 bits per heavy atom. The van der Waals surface area contributed by atoms with Crippen molar-refractivity contribution in [1.82, 2.24) is 19.4 Å². The minimum absolute atomic E-state index is 0.0585. The zero-order chi connectivity index (χ0) is 22.9. The second-order valence-electron chi connectivity index (χ2n) is 8.79. The molecule has 33 heavy (non-hydrogen) atoms. The van der Waals surface area contributed by atoms with Crippen molar-refractivity contribution in [3.05, 3.63) is 57.5 Å². The number of carbonyl (C=O) groups excluding carboxylic acids is 1. The lowest BCUT2D eigenvalue weighted by molar-refractivity contribution is -0.119. The molecule has 9 heteroatoms. The van der Waals surface area contributed by atoms with Crippen LogP contribution < -0.4 is 16.6 Å². The Hall–Kier alpha value is -3.77. The molecule has 0 radical (unpaired) electrons. The predicted molar refractivity (Wildman–Crippen MR) is 124 cm³/mol. The summed E-state index contributed by atoms with van der Waals surface area (Å²) >= 11 is 0. The molecule has 1 aromatic carbocycles. The standard InChI is InChI=1S/C24H25N7O2/c25-11-17-9-18-12-27-24(29-22(18)31(23(17)33)20-3-1-2-4-20)28-19-6-5-16-13-30(14-21(26)32)8-7-15(16)10-19/h5-6,9-10,12,20H,1-4,7-8,13-14H2,(H2,26,32)(H,27,28,29). The van der Waals surface area contributed by atoms with Gasteiger partial charge >= 0.3 is 0 Å². The van der Waals surface area contributed by atoms with Crippen molar-refractivity contribution in [1.29, 1.82) is 5.26 Å². The Balaban J connectivity index is 1.45. The molecule has 1 aliphatic carbocycles.